The largest absolute Gasteiger partial charge is 0.352 e. The van der Waals surface area contributed by atoms with E-state index < -0.39 is 42.0 Å². The monoisotopic (exact) mass is 2580 g/mol. The van der Waals surface area contributed by atoms with Crippen molar-refractivity contribution in [3.05, 3.63) is 12.2 Å². The van der Waals surface area contributed by atoms with E-state index in [1.807, 2.05) is 443 Å². The molecule has 0 aromatic carbocycles. The van der Waals surface area contributed by atoms with Crippen molar-refractivity contribution in [2.24, 2.45) is 91.7 Å². The van der Waals surface area contributed by atoms with Crippen molar-refractivity contribution in [3.8, 4) is 0 Å². The Bertz CT molecular complexity index is 765. The highest BCUT2D eigenvalue weighted by Crippen LogP contribution is 2.12. The van der Waals surface area contributed by atoms with E-state index in [1.54, 1.807) is 0 Å². The molecule has 2 heterocycles. The third kappa shape index (κ3) is 1540. The van der Waals surface area contributed by atoms with Crippen LogP contribution in [0.2, 0.25) is 0 Å². The highest BCUT2D eigenvalue weighted by molar-refractivity contribution is 8.61. The summed E-state index contributed by atoms with van der Waals surface area (Å²) in [5.74, 6) is -3.81. The summed E-state index contributed by atoms with van der Waals surface area (Å²) in [6.07, 6.45) is 1.96. The van der Waals surface area contributed by atoms with Gasteiger partial charge >= 0.3 is 5.97 Å². The van der Waals surface area contributed by atoms with Crippen molar-refractivity contribution in [3.63, 3.8) is 0 Å². The number of thiol groups is 16. The van der Waals surface area contributed by atoms with Gasteiger partial charge in [0.25, 0.3) is 23.6 Å². The molecule has 970 valence electrons. The van der Waals surface area contributed by atoms with Crippen LogP contribution in [0.5, 0.6) is 0 Å². The van der Waals surface area contributed by atoms with Crippen LogP contribution in [0, 0.1) is 0 Å². The van der Waals surface area contributed by atoms with Crippen LogP contribution in [0.4, 0.5) is 0 Å². The lowest BCUT2D eigenvalue weighted by Crippen LogP contribution is -2.39. The van der Waals surface area contributed by atoms with E-state index in [2.05, 4.69) is 288 Å². The summed E-state index contributed by atoms with van der Waals surface area (Å²) < 4.78 is 0. The molecule has 0 saturated carbocycles. The number of nitrogens with zero attached hydrogens (tertiary/aromatic N) is 2. The molecule has 33 N–H and O–H groups in total. The van der Waals surface area contributed by atoms with Crippen LogP contribution in [0.25, 0.3) is 0 Å². The van der Waals surface area contributed by atoms with Crippen molar-refractivity contribution < 1.29 is 33.6 Å². The first-order chi connectivity index (χ1) is 66.9. The Hall–Kier alpha value is 4.72. The molecule has 2 aliphatic rings. The van der Waals surface area contributed by atoms with Crippen LogP contribution < -0.4 is 97.1 Å². The SMILES string of the molecule is CC.CC.CC.CC.CC.CC.CC.CC.CC.CC.CC.CC.CC.CC.CC.CC.CC.CC.CC.CC.CC.CC.CC.CC.CC.CC.CC.CC.CC.CC.CC.CC.CN.CN.CN.CN.CN.CN.CN.CN.CN.CN.CN.CN.CN.CN.CN.CN.O=C(CCN1C(=O)C=CC1=O)NCC(=O)ON1C(=O)CCC1=O.S.S.S.S.S.S.S.S.SS.SS.SS.SS.SS.SS.SS.SS. The lowest BCUT2D eigenvalue weighted by atomic mass is 10.3. The molecular formula is C93H317N19O7S24. The summed E-state index contributed by atoms with van der Waals surface area (Å²) in [5.41, 5.74) is 72.0. The summed E-state index contributed by atoms with van der Waals surface area (Å²) >= 11 is 51.6. The maximum Gasteiger partial charge on any atom is 0.352 e. The van der Waals surface area contributed by atoms with Gasteiger partial charge in [-0.3, -0.25) is 28.9 Å². The molecule has 50 heteroatoms. The molecular weight excluding hydrogens is 2260 g/mol. The van der Waals surface area contributed by atoms with Gasteiger partial charge in [-0.15, -0.1) is 192 Å². The van der Waals surface area contributed by atoms with E-state index in [1.165, 1.54) is 113 Å². The van der Waals surface area contributed by atoms with Crippen molar-refractivity contribution >= 4 is 330 Å². The molecule has 0 atom stereocenters. The summed E-state index contributed by atoms with van der Waals surface area (Å²) in [4.78, 5) is 73.4. The summed E-state index contributed by atoms with van der Waals surface area (Å²) in [5, 5.41) is 2.58. The molecule has 0 bridgehead atoms. The average molecular weight is 2580 g/mol. The molecule has 1 fully saturated rings. The third-order valence-corrected chi connectivity index (χ3v) is 3.09. The van der Waals surface area contributed by atoms with Crippen LogP contribution in [0.15, 0.2) is 12.2 Å². The van der Waals surface area contributed by atoms with Crippen molar-refractivity contribution in [2.75, 3.05) is 126 Å². The van der Waals surface area contributed by atoms with Gasteiger partial charge in [-0.25, -0.2) is 4.79 Å². The van der Waals surface area contributed by atoms with Crippen LogP contribution in [-0.2, 0) is 33.6 Å². The molecule has 0 aromatic rings. The smallest absolute Gasteiger partial charge is 0.345 e. The number of nitrogens with one attached hydrogen (secondary N) is 1. The second kappa shape index (κ2) is 2190. The number of hydroxylamine groups is 2. The number of carbonyl (C=O) groups is 6. The van der Waals surface area contributed by atoms with Crippen LogP contribution in [0.3, 0.4) is 0 Å². The van der Waals surface area contributed by atoms with Crippen LogP contribution in [-0.4, -0.2) is 171 Å². The van der Waals surface area contributed by atoms with Crippen molar-refractivity contribution in [1.29, 1.82) is 0 Å². The van der Waals surface area contributed by atoms with E-state index in [0.717, 1.165) is 17.1 Å². The fourth-order valence-electron chi connectivity index (χ4n) is 1.92. The van der Waals surface area contributed by atoms with E-state index in [0.29, 0.717) is 5.06 Å². The van der Waals surface area contributed by atoms with E-state index >= 15 is 0 Å². The average Bonchev–Trinajstić information content (AvgIpc) is 1.74. The van der Waals surface area contributed by atoms with Gasteiger partial charge in [0.05, 0.1) is 0 Å². The minimum Gasteiger partial charge on any atom is -0.345 e. The van der Waals surface area contributed by atoms with E-state index in [9.17, 15) is 28.8 Å². The Kier molecular flexibility index (Phi) is 6780. The third-order valence-electron chi connectivity index (χ3n) is 3.09. The molecule has 5 amide bonds. The number of nitrogens with two attached hydrogens (primary N) is 16. The lowest BCUT2D eigenvalue weighted by molar-refractivity contribution is -0.196. The number of amides is 5. The number of rotatable bonds is 6. The maximum absolute atomic E-state index is 11.5. The normalized spacial score (nSPS) is 5.12. The van der Waals surface area contributed by atoms with E-state index in [4.69, 9.17) is 0 Å². The summed E-state index contributed by atoms with van der Waals surface area (Å²) in [6.45, 7) is 127. The number of imide groups is 2. The highest BCUT2D eigenvalue weighted by atomic mass is 33.1. The Labute approximate surface area is 1060 Å². The molecule has 2 rings (SSSR count). The van der Waals surface area contributed by atoms with Gasteiger partial charge in [-0.2, -0.15) is 108 Å². The zero-order valence-electron chi connectivity index (χ0n) is 112. The Morgan fingerprint density at radius 1 is 0.217 bits per heavy atom. The molecule has 0 spiro atoms. The lowest BCUT2D eigenvalue weighted by Gasteiger charge is -2.14. The number of hydrogen-bond donors (Lipinski definition) is 33. The molecule has 0 radical (unpaired) electrons. The fraction of sp³-hybridized carbons (Fsp3) is 0.914. The minimum absolute atomic E-state index is 0. The number of hydrogen-bond acceptors (Lipinski definition) is 39. The minimum atomic E-state index is -0.975. The number of carbonyl (C=O) groups excluding carboxylic acids is 6. The van der Waals surface area contributed by atoms with Gasteiger partial charge in [-0.05, 0) is 113 Å². The standard InChI is InChI=1S/C13H13N3O7.32C2H6.16CH5N.8H2S2.8H2S/c17-8(5-6-15-9(18)1-2-10(15)19)14-7-13(22)23-16-11(20)3-4-12(16)21;56*1-2;;;;;;;;/h1-2H,3-7H2,(H,14,17);32*1-2H3;16*2H2,1H3;8*1-2H;8*1H2. The summed E-state index contributed by atoms with van der Waals surface area (Å²) in [7, 11) is 24.0. The zero-order chi connectivity index (χ0) is 129. The predicted molar refractivity (Wildman–Crippen MR) is 822 cm³/mol. The summed E-state index contributed by atoms with van der Waals surface area (Å²) in [6, 6.07) is 0. The first kappa shape index (κ1) is 443. The molecule has 0 aromatic heterocycles. The first-order valence-electron chi connectivity index (χ1n) is 49.6. The second-order valence-corrected chi connectivity index (χ2v) is 4.73. The Morgan fingerprint density at radius 2 is 0.308 bits per heavy atom. The highest BCUT2D eigenvalue weighted by Gasteiger charge is 2.33. The van der Waals surface area contributed by atoms with Gasteiger partial charge in [0, 0.05) is 38.0 Å². The first-order valence-corrected chi connectivity index (χ1v) is 62.4. The second-order valence-electron chi connectivity index (χ2n) is 4.73. The van der Waals surface area contributed by atoms with Crippen molar-refractivity contribution in [1.82, 2.24) is 15.3 Å². The Morgan fingerprint density at radius 3 is 0.399 bits per heavy atom. The molecule has 1 saturated heterocycles. The molecule has 0 unspecified atom stereocenters. The molecule has 26 nitrogen and oxygen atoms in total. The molecule has 143 heavy (non-hydrogen) atoms. The molecule has 0 aliphatic carbocycles. The van der Waals surface area contributed by atoms with Crippen LogP contribution >= 0.6 is 295 Å². The van der Waals surface area contributed by atoms with Gasteiger partial charge < -0.3 is 102 Å². The maximum atomic E-state index is 11.5. The molecule has 2 aliphatic heterocycles. The zero-order valence-corrected chi connectivity index (χ0v) is 135. The van der Waals surface area contributed by atoms with Gasteiger partial charge in [-0.1, -0.05) is 443 Å². The topological polar surface area (TPSA) is 546 Å². The van der Waals surface area contributed by atoms with Gasteiger partial charge in [0.2, 0.25) is 5.91 Å². The van der Waals surface area contributed by atoms with Gasteiger partial charge in [0.15, 0.2) is 0 Å². The Balaban J connectivity index is -0.00000000783. The predicted octanol–water partition coefficient (Wildman–Crippen LogP) is 31.1. The fourth-order valence-corrected chi connectivity index (χ4v) is 1.92. The van der Waals surface area contributed by atoms with E-state index in [-0.39, 0.29) is 134 Å². The van der Waals surface area contributed by atoms with Crippen LogP contribution in [0.1, 0.15) is 462 Å². The van der Waals surface area contributed by atoms with Gasteiger partial charge in [0.1, 0.15) is 6.54 Å². The van der Waals surface area contributed by atoms with Crippen molar-refractivity contribution in [2.45, 2.75) is 462 Å². The quantitative estimate of drug-likeness (QED) is 0.0667.